The van der Waals surface area contributed by atoms with Crippen molar-refractivity contribution in [2.45, 2.75) is 76.9 Å². The number of hydrogen-bond acceptors (Lipinski definition) is 4. The van der Waals surface area contributed by atoms with Gasteiger partial charge in [0.25, 0.3) is 5.91 Å². The van der Waals surface area contributed by atoms with Gasteiger partial charge in [-0.1, -0.05) is 31.4 Å². The predicted molar refractivity (Wildman–Crippen MR) is 146 cm³/mol. The Kier molecular flexibility index (Phi) is 8.10. The summed E-state index contributed by atoms with van der Waals surface area (Å²) in [6.07, 6.45) is 6.65. The normalized spacial score (nSPS) is 18.5. The average Bonchev–Trinajstić information content (AvgIpc) is 3.37. The highest BCUT2D eigenvalue weighted by molar-refractivity contribution is 6.05. The zero-order valence-electron chi connectivity index (χ0n) is 22.8. The van der Waals surface area contributed by atoms with E-state index in [1.807, 2.05) is 37.8 Å². The highest BCUT2D eigenvalue weighted by Gasteiger charge is 2.32. The molecular weight excluding hydrogens is 469 g/mol. The van der Waals surface area contributed by atoms with Gasteiger partial charge in [-0.3, -0.25) is 4.79 Å². The van der Waals surface area contributed by atoms with E-state index in [-0.39, 0.29) is 23.9 Å². The van der Waals surface area contributed by atoms with Crippen LogP contribution in [0.1, 0.15) is 81.1 Å². The van der Waals surface area contributed by atoms with Crippen LogP contribution in [0.2, 0.25) is 0 Å². The summed E-state index contributed by atoms with van der Waals surface area (Å²) in [5.41, 5.74) is 2.31. The lowest BCUT2D eigenvalue weighted by atomic mass is 9.84. The monoisotopic (exact) mass is 509 g/mol. The van der Waals surface area contributed by atoms with Crippen LogP contribution >= 0.6 is 0 Å². The van der Waals surface area contributed by atoms with Gasteiger partial charge in [-0.15, -0.1) is 0 Å². The molecule has 1 aliphatic heterocycles. The van der Waals surface area contributed by atoms with Gasteiger partial charge in [-0.25, -0.2) is 9.18 Å². The molecule has 4 rings (SSSR count). The molecule has 0 spiro atoms. The molecule has 0 N–H and O–H groups in total. The smallest absolute Gasteiger partial charge is 0.410 e. The fourth-order valence-electron chi connectivity index (χ4n) is 5.37. The molecule has 1 unspecified atom stereocenters. The molecule has 2 aromatic rings. The number of carbonyl (C=O) groups excluding carboxylic acids is 2. The van der Waals surface area contributed by atoms with Crippen LogP contribution in [0.25, 0.3) is 0 Å². The number of hydrogen-bond donors (Lipinski definition) is 0. The van der Waals surface area contributed by atoms with E-state index >= 15 is 4.39 Å². The van der Waals surface area contributed by atoms with Crippen molar-refractivity contribution in [3.05, 3.63) is 59.4 Å². The van der Waals surface area contributed by atoms with Crippen LogP contribution in [0.5, 0.6) is 0 Å². The van der Waals surface area contributed by atoms with E-state index < -0.39 is 5.60 Å². The summed E-state index contributed by atoms with van der Waals surface area (Å²) < 4.78 is 20.7. The first-order valence-electron chi connectivity index (χ1n) is 13.4. The first kappa shape index (κ1) is 27.0. The van der Waals surface area contributed by atoms with Crippen LogP contribution in [-0.2, 0) is 4.74 Å². The molecule has 1 saturated carbocycles. The van der Waals surface area contributed by atoms with Crippen LogP contribution in [0.4, 0.5) is 20.6 Å². The second-order valence-electron chi connectivity index (χ2n) is 11.4. The minimum absolute atomic E-state index is 0.0604. The molecule has 1 atom stereocenters. The van der Waals surface area contributed by atoms with E-state index in [0.717, 1.165) is 6.42 Å². The van der Waals surface area contributed by atoms with Crippen molar-refractivity contribution in [2.75, 3.05) is 37.0 Å². The molecule has 200 valence electrons. The third-order valence-electron chi connectivity index (χ3n) is 7.59. The zero-order valence-corrected chi connectivity index (χ0v) is 22.8. The summed E-state index contributed by atoms with van der Waals surface area (Å²) in [6, 6.07) is 12.8. The Morgan fingerprint density at radius 1 is 0.973 bits per heavy atom. The van der Waals surface area contributed by atoms with Crippen molar-refractivity contribution in [3.8, 4) is 0 Å². The van der Waals surface area contributed by atoms with E-state index in [1.54, 1.807) is 31.1 Å². The number of benzene rings is 2. The third-order valence-corrected chi connectivity index (χ3v) is 7.59. The average molecular weight is 510 g/mol. The van der Waals surface area contributed by atoms with Gasteiger partial charge in [0.2, 0.25) is 0 Å². The van der Waals surface area contributed by atoms with E-state index in [2.05, 4.69) is 12.1 Å². The van der Waals surface area contributed by atoms with Crippen molar-refractivity contribution in [2.24, 2.45) is 0 Å². The number of carbonyl (C=O) groups is 2. The molecule has 1 aliphatic carbocycles. The Balaban J connectivity index is 1.39. The minimum Gasteiger partial charge on any atom is -0.444 e. The fourth-order valence-corrected chi connectivity index (χ4v) is 5.37. The fraction of sp³-hybridized carbons (Fsp3) is 0.533. The predicted octanol–water partition coefficient (Wildman–Crippen LogP) is 6.60. The Labute approximate surface area is 220 Å². The van der Waals surface area contributed by atoms with Gasteiger partial charge in [0.15, 0.2) is 0 Å². The SMILES string of the molecule is CN(C(=O)c1ccc(C2CCCCC2)cc1)c1ccc(N2CCC(N(C)C(=O)OC(C)(C)C)C2)c(F)c1. The third kappa shape index (κ3) is 6.43. The van der Waals surface area contributed by atoms with Crippen molar-refractivity contribution in [1.82, 2.24) is 4.90 Å². The van der Waals surface area contributed by atoms with Crippen molar-refractivity contribution in [3.63, 3.8) is 0 Å². The molecule has 6 nitrogen and oxygen atoms in total. The first-order chi connectivity index (χ1) is 17.5. The number of amides is 2. The molecule has 0 aromatic heterocycles. The maximum atomic E-state index is 15.2. The Hall–Kier alpha value is -3.09. The molecular formula is C30H40FN3O3. The lowest BCUT2D eigenvalue weighted by molar-refractivity contribution is 0.0237. The molecule has 2 aliphatic rings. The first-order valence-corrected chi connectivity index (χ1v) is 13.4. The van der Waals surface area contributed by atoms with Gasteiger partial charge in [-0.05, 0) is 81.8 Å². The number of anilines is 2. The number of likely N-dealkylation sites (N-methyl/N-ethyl adjacent to an activating group) is 1. The van der Waals surface area contributed by atoms with Gasteiger partial charge in [0, 0.05) is 38.4 Å². The van der Waals surface area contributed by atoms with Crippen LogP contribution in [-0.4, -0.2) is 55.7 Å². The van der Waals surface area contributed by atoms with E-state index in [9.17, 15) is 9.59 Å². The Morgan fingerprint density at radius 2 is 1.65 bits per heavy atom. The van der Waals surface area contributed by atoms with Crippen molar-refractivity contribution >= 4 is 23.4 Å². The van der Waals surface area contributed by atoms with Gasteiger partial charge < -0.3 is 19.4 Å². The number of rotatable bonds is 5. The Morgan fingerprint density at radius 3 is 2.27 bits per heavy atom. The number of nitrogens with zero attached hydrogens (tertiary/aromatic N) is 3. The largest absolute Gasteiger partial charge is 0.444 e. The summed E-state index contributed by atoms with van der Waals surface area (Å²) in [7, 11) is 3.40. The zero-order chi connectivity index (χ0) is 26.7. The molecule has 2 aromatic carbocycles. The molecule has 2 fully saturated rings. The molecule has 0 radical (unpaired) electrons. The molecule has 1 heterocycles. The summed E-state index contributed by atoms with van der Waals surface area (Å²) in [5.74, 6) is 0.0410. The van der Waals surface area contributed by atoms with Crippen LogP contribution in [0.3, 0.4) is 0 Å². The van der Waals surface area contributed by atoms with Gasteiger partial charge in [0.05, 0.1) is 11.7 Å². The van der Waals surface area contributed by atoms with Gasteiger partial charge >= 0.3 is 6.09 Å². The van der Waals surface area contributed by atoms with Crippen LogP contribution in [0.15, 0.2) is 42.5 Å². The standard InChI is InChI=1S/C30H40FN3O3/c1-30(2,3)37-29(36)33(5)25-17-18-34(20-25)27-16-15-24(19-26(27)31)32(4)28(35)23-13-11-22(12-14-23)21-9-7-6-8-10-21/h11-16,19,21,25H,6-10,17-18,20H2,1-5H3. The highest BCUT2D eigenvalue weighted by atomic mass is 19.1. The van der Waals surface area contributed by atoms with Crippen LogP contribution < -0.4 is 9.80 Å². The van der Waals surface area contributed by atoms with Crippen molar-refractivity contribution in [1.29, 1.82) is 0 Å². The quantitative estimate of drug-likeness (QED) is 0.456. The Bertz CT molecular complexity index is 1110. The van der Waals surface area contributed by atoms with Gasteiger partial charge in [-0.2, -0.15) is 0 Å². The molecule has 37 heavy (non-hydrogen) atoms. The van der Waals surface area contributed by atoms with Crippen molar-refractivity contribution < 1.29 is 18.7 Å². The highest BCUT2D eigenvalue weighted by Crippen LogP contribution is 2.33. The number of ether oxygens (including phenoxy) is 1. The maximum absolute atomic E-state index is 15.2. The second-order valence-corrected chi connectivity index (χ2v) is 11.4. The summed E-state index contributed by atoms with van der Waals surface area (Å²) in [6.45, 7) is 6.67. The minimum atomic E-state index is -0.563. The van der Waals surface area contributed by atoms with Gasteiger partial charge in [0.1, 0.15) is 11.4 Å². The van der Waals surface area contributed by atoms with E-state index in [1.165, 1.54) is 48.6 Å². The van der Waals surface area contributed by atoms with E-state index in [4.69, 9.17) is 4.74 Å². The summed E-state index contributed by atoms with van der Waals surface area (Å²) in [5, 5.41) is 0. The maximum Gasteiger partial charge on any atom is 0.410 e. The van der Waals surface area contributed by atoms with E-state index in [0.29, 0.717) is 35.9 Å². The second kappa shape index (κ2) is 11.1. The number of halogens is 1. The molecule has 2 amide bonds. The molecule has 1 saturated heterocycles. The summed E-state index contributed by atoms with van der Waals surface area (Å²) in [4.78, 5) is 30.6. The molecule has 7 heteroatoms. The summed E-state index contributed by atoms with van der Waals surface area (Å²) >= 11 is 0. The lowest BCUT2D eigenvalue weighted by Gasteiger charge is -2.29. The van der Waals surface area contributed by atoms with Crippen LogP contribution in [0, 0.1) is 5.82 Å². The topological polar surface area (TPSA) is 53.1 Å². The lowest BCUT2D eigenvalue weighted by Crippen LogP contribution is -2.42. The molecule has 0 bridgehead atoms.